The molecule has 0 aliphatic carbocycles. The van der Waals surface area contributed by atoms with Gasteiger partial charge >= 0.3 is 6.61 Å². The molecule has 0 bridgehead atoms. The standard InChI is InChI=1S/C17H19F2N3O2/c1-11-15(12(2)22(3)21-11)8-9-16(23)20-10-13-4-6-14(7-5-13)24-17(18)19/h4-9,17H,10H2,1-3H3,(H,20,23)/b9-8+. The fourth-order valence-corrected chi connectivity index (χ4v) is 2.23. The van der Waals surface area contributed by atoms with Crippen molar-refractivity contribution < 1.29 is 18.3 Å². The highest BCUT2D eigenvalue weighted by molar-refractivity contribution is 5.91. The predicted molar refractivity (Wildman–Crippen MR) is 86.6 cm³/mol. The van der Waals surface area contributed by atoms with E-state index in [0.717, 1.165) is 22.5 Å². The zero-order chi connectivity index (χ0) is 17.7. The molecule has 0 saturated heterocycles. The lowest BCUT2D eigenvalue weighted by atomic mass is 10.2. The second-order valence-corrected chi connectivity index (χ2v) is 5.28. The Hall–Kier alpha value is -2.70. The van der Waals surface area contributed by atoms with E-state index < -0.39 is 6.61 Å². The van der Waals surface area contributed by atoms with Gasteiger partial charge in [0.15, 0.2) is 0 Å². The zero-order valence-electron chi connectivity index (χ0n) is 13.7. The molecular formula is C17H19F2N3O2. The van der Waals surface area contributed by atoms with Crippen molar-refractivity contribution in [2.24, 2.45) is 7.05 Å². The Balaban J connectivity index is 1.90. The Kier molecular flexibility index (Phi) is 5.68. The number of nitrogens with one attached hydrogen (secondary N) is 1. The number of ether oxygens (including phenoxy) is 1. The molecule has 0 unspecified atom stereocenters. The lowest BCUT2D eigenvalue weighted by Gasteiger charge is -2.06. The van der Waals surface area contributed by atoms with Gasteiger partial charge in [0.25, 0.3) is 0 Å². The number of halogens is 2. The molecule has 0 saturated carbocycles. The van der Waals surface area contributed by atoms with Crippen LogP contribution in [0.3, 0.4) is 0 Å². The summed E-state index contributed by atoms with van der Waals surface area (Å²) in [6.07, 6.45) is 3.18. The molecule has 1 aromatic heterocycles. The number of aryl methyl sites for hydroxylation is 2. The van der Waals surface area contributed by atoms with Crippen LogP contribution in [0, 0.1) is 13.8 Å². The van der Waals surface area contributed by atoms with Gasteiger partial charge in [-0.1, -0.05) is 12.1 Å². The van der Waals surface area contributed by atoms with Gasteiger partial charge in [-0.05, 0) is 37.6 Å². The molecule has 0 spiro atoms. The fraction of sp³-hybridized carbons (Fsp3) is 0.294. The molecule has 2 aromatic rings. The zero-order valence-corrected chi connectivity index (χ0v) is 13.7. The van der Waals surface area contributed by atoms with Crippen LogP contribution in [0.2, 0.25) is 0 Å². The molecule has 128 valence electrons. The van der Waals surface area contributed by atoms with Crippen LogP contribution < -0.4 is 10.1 Å². The van der Waals surface area contributed by atoms with Crippen LogP contribution in [-0.4, -0.2) is 22.3 Å². The molecule has 24 heavy (non-hydrogen) atoms. The molecular weight excluding hydrogens is 316 g/mol. The lowest BCUT2D eigenvalue weighted by Crippen LogP contribution is -2.20. The van der Waals surface area contributed by atoms with Crippen LogP contribution in [0.4, 0.5) is 8.78 Å². The Morgan fingerprint density at radius 2 is 2.00 bits per heavy atom. The van der Waals surface area contributed by atoms with Crippen LogP contribution in [0.15, 0.2) is 30.3 Å². The van der Waals surface area contributed by atoms with Gasteiger partial charge < -0.3 is 10.1 Å². The van der Waals surface area contributed by atoms with E-state index >= 15 is 0 Å². The van der Waals surface area contributed by atoms with E-state index in [1.54, 1.807) is 22.9 Å². The van der Waals surface area contributed by atoms with Crippen molar-refractivity contribution in [1.29, 1.82) is 0 Å². The number of benzene rings is 1. The number of nitrogens with zero attached hydrogens (tertiary/aromatic N) is 2. The maximum absolute atomic E-state index is 12.1. The largest absolute Gasteiger partial charge is 0.435 e. The van der Waals surface area contributed by atoms with E-state index in [0.29, 0.717) is 6.54 Å². The SMILES string of the molecule is Cc1nn(C)c(C)c1/C=C/C(=O)NCc1ccc(OC(F)F)cc1. The van der Waals surface area contributed by atoms with Crippen molar-refractivity contribution in [2.45, 2.75) is 27.0 Å². The van der Waals surface area contributed by atoms with Crippen LogP contribution in [0.5, 0.6) is 5.75 Å². The first-order chi connectivity index (χ1) is 11.4. The van der Waals surface area contributed by atoms with Gasteiger partial charge in [-0.25, -0.2) is 0 Å². The van der Waals surface area contributed by atoms with E-state index in [4.69, 9.17) is 0 Å². The number of rotatable bonds is 6. The van der Waals surface area contributed by atoms with Crippen molar-refractivity contribution in [3.8, 4) is 5.75 Å². The number of alkyl halides is 2. The lowest BCUT2D eigenvalue weighted by molar-refractivity contribution is -0.116. The van der Waals surface area contributed by atoms with Gasteiger partial charge in [-0.15, -0.1) is 0 Å². The van der Waals surface area contributed by atoms with Gasteiger partial charge in [-0.2, -0.15) is 13.9 Å². The summed E-state index contributed by atoms with van der Waals surface area (Å²) in [6, 6.07) is 6.12. The molecule has 0 fully saturated rings. The first-order valence-electron chi connectivity index (χ1n) is 7.36. The van der Waals surface area contributed by atoms with Crippen molar-refractivity contribution >= 4 is 12.0 Å². The van der Waals surface area contributed by atoms with Gasteiger partial charge in [-0.3, -0.25) is 9.48 Å². The van der Waals surface area contributed by atoms with E-state index in [2.05, 4.69) is 15.2 Å². The predicted octanol–water partition coefficient (Wildman–Crippen LogP) is 2.97. The van der Waals surface area contributed by atoms with E-state index in [9.17, 15) is 13.6 Å². The number of carbonyl (C=O) groups is 1. The molecule has 0 aliphatic rings. The van der Waals surface area contributed by atoms with E-state index in [-0.39, 0.29) is 11.7 Å². The minimum absolute atomic E-state index is 0.0856. The van der Waals surface area contributed by atoms with E-state index in [1.807, 2.05) is 20.9 Å². The van der Waals surface area contributed by atoms with E-state index in [1.165, 1.54) is 18.2 Å². The Morgan fingerprint density at radius 1 is 1.33 bits per heavy atom. The Bertz CT molecular complexity index is 737. The Labute approximate surface area is 138 Å². The monoisotopic (exact) mass is 335 g/mol. The van der Waals surface area contributed by atoms with Crippen LogP contribution in [-0.2, 0) is 18.4 Å². The smallest absolute Gasteiger partial charge is 0.387 e. The van der Waals surface area contributed by atoms with Gasteiger partial charge in [0.2, 0.25) is 5.91 Å². The fourth-order valence-electron chi connectivity index (χ4n) is 2.23. The Morgan fingerprint density at radius 3 is 2.54 bits per heavy atom. The molecule has 0 aliphatic heterocycles. The summed E-state index contributed by atoms with van der Waals surface area (Å²) in [5.74, 6) is -0.159. The second kappa shape index (κ2) is 7.72. The summed E-state index contributed by atoms with van der Waals surface area (Å²) in [6.45, 7) is 1.26. The summed E-state index contributed by atoms with van der Waals surface area (Å²) in [5.41, 5.74) is 3.54. The van der Waals surface area contributed by atoms with Gasteiger partial charge in [0.05, 0.1) is 5.69 Å². The number of hydrogen-bond acceptors (Lipinski definition) is 3. The second-order valence-electron chi connectivity index (χ2n) is 5.28. The molecule has 0 atom stereocenters. The summed E-state index contributed by atoms with van der Waals surface area (Å²) in [7, 11) is 1.85. The summed E-state index contributed by atoms with van der Waals surface area (Å²) in [5, 5.41) is 7.01. The molecule has 1 N–H and O–H groups in total. The van der Waals surface area contributed by atoms with Crippen molar-refractivity contribution in [2.75, 3.05) is 0 Å². The summed E-state index contributed by atoms with van der Waals surface area (Å²) < 4.78 is 30.2. The number of aromatic nitrogens is 2. The maximum atomic E-state index is 12.1. The number of carbonyl (C=O) groups excluding carboxylic acids is 1. The molecule has 2 rings (SSSR count). The third kappa shape index (κ3) is 4.65. The van der Waals surface area contributed by atoms with Crippen molar-refractivity contribution in [3.63, 3.8) is 0 Å². The molecule has 0 radical (unpaired) electrons. The molecule has 5 nitrogen and oxygen atoms in total. The van der Waals surface area contributed by atoms with Crippen molar-refractivity contribution in [1.82, 2.24) is 15.1 Å². The van der Waals surface area contributed by atoms with Gasteiger partial charge in [0, 0.05) is 30.9 Å². The number of hydrogen-bond donors (Lipinski definition) is 1. The first kappa shape index (κ1) is 17.7. The quantitative estimate of drug-likeness (QED) is 0.826. The third-order valence-corrected chi connectivity index (χ3v) is 3.58. The number of amides is 1. The minimum atomic E-state index is -2.85. The molecule has 1 heterocycles. The maximum Gasteiger partial charge on any atom is 0.387 e. The molecule has 1 amide bonds. The normalized spacial score (nSPS) is 11.2. The molecule has 7 heteroatoms. The molecule has 1 aromatic carbocycles. The van der Waals surface area contributed by atoms with Crippen molar-refractivity contribution in [3.05, 3.63) is 52.9 Å². The average Bonchev–Trinajstić information content (AvgIpc) is 2.77. The van der Waals surface area contributed by atoms with Crippen LogP contribution in [0.1, 0.15) is 22.5 Å². The minimum Gasteiger partial charge on any atom is -0.435 e. The first-order valence-corrected chi connectivity index (χ1v) is 7.36. The van der Waals surface area contributed by atoms with Gasteiger partial charge in [0.1, 0.15) is 5.75 Å². The highest BCUT2D eigenvalue weighted by Gasteiger charge is 2.07. The average molecular weight is 335 g/mol. The van der Waals surface area contributed by atoms with Crippen LogP contribution >= 0.6 is 0 Å². The highest BCUT2D eigenvalue weighted by atomic mass is 19.3. The van der Waals surface area contributed by atoms with Crippen LogP contribution in [0.25, 0.3) is 6.08 Å². The third-order valence-electron chi connectivity index (χ3n) is 3.58. The summed E-state index contributed by atoms with van der Waals surface area (Å²) >= 11 is 0. The summed E-state index contributed by atoms with van der Waals surface area (Å²) in [4.78, 5) is 11.9. The topological polar surface area (TPSA) is 56.2 Å². The highest BCUT2D eigenvalue weighted by Crippen LogP contribution is 2.15.